The highest BCUT2D eigenvalue weighted by Crippen LogP contribution is 2.38. The first-order valence-electron chi connectivity index (χ1n) is 7.91. The normalized spacial score (nSPS) is 12.6. The predicted octanol–water partition coefficient (Wildman–Crippen LogP) is 6.01. The summed E-state index contributed by atoms with van der Waals surface area (Å²) < 4.78 is 5.93. The molecule has 0 aliphatic heterocycles. The van der Waals surface area contributed by atoms with E-state index in [9.17, 15) is 0 Å². The van der Waals surface area contributed by atoms with Gasteiger partial charge in [0, 0.05) is 0 Å². The smallest absolute Gasteiger partial charge is 0.135 e. The number of rotatable bonds is 7. The van der Waals surface area contributed by atoms with Crippen LogP contribution in [0.3, 0.4) is 0 Å². The van der Waals surface area contributed by atoms with Crippen molar-refractivity contribution >= 4 is 0 Å². The van der Waals surface area contributed by atoms with Gasteiger partial charge < -0.3 is 4.74 Å². The van der Waals surface area contributed by atoms with Crippen LogP contribution in [0.5, 0.6) is 5.75 Å². The summed E-state index contributed by atoms with van der Waals surface area (Å²) in [6, 6.07) is 6.77. The van der Waals surface area contributed by atoms with Gasteiger partial charge in [-0.2, -0.15) is 0 Å². The van der Waals surface area contributed by atoms with Gasteiger partial charge in [0.1, 0.15) is 12.4 Å². The maximum atomic E-state index is 5.93. The van der Waals surface area contributed by atoms with Gasteiger partial charge in [-0.3, -0.25) is 0 Å². The Hall–Kier alpha value is -0.980. The Morgan fingerprint density at radius 3 is 2.05 bits per heavy atom. The Labute approximate surface area is 125 Å². The van der Waals surface area contributed by atoms with E-state index in [4.69, 9.17) is 4.74 Å². The maximum absolute atomic E-state index is 5.93. The van der Waals surface area contributed by atoms with Gasteiger partial charge in [-0.05, 0) is 47.3 Å². The van der Waals surface area contributed by atoms with E-state index in [1.165, 1.54) is 11.1 Å². The van der Waals surface area contributed by atoms with Crippen LogP contribution >= 0.6 is 0 Å². The van der Waals surface area contributed by atoms with E-state index in [1.54, 1.807) is 0 Å². The standard InChI is InChI=1S/C19H31O/c1-8-13-20-17-14-15(18(4,5)9-2)11-12-16(17)19(6,7)10-3/h11-14H,8-10H2,1-7H3. The molecule has 0 aliphatic rings. The average molecular weight is 275 g/mol. The molecule has 0 atom stereocenters. The lowest BCUT2D eigenvalue weighted by molar-refractivity contribution is 0.374. The summed E-state index contributed by atoms with van der Waals surface area (Å²) in [6.45, 7) is 17.6. The molecule has 1 aromatic carbocycles. The van der Waals surface area contributed by atoms with Gasteiger partial charge in [0.05, 0.1) is 0 Å². The van der Waals surface area contributed by atoms with Crippen LogP contribution in [0.4, 0.5) is 0 Å². The van der Waals surface area contributed by atoms with E-state index in [1.807, 2.05) is 6.61 Å². The van der Waals surface area contributed by atoms with Crippen molar-refractivity contribution in [3.05, 3.63) is 35.9 Å². The van der Waals surface area contributed by atoms with E-state index in [-0.39, 0.29) is 10.8 Å². The third-order valence-corrected chi connectivity index (χ3v) is 4.64. The number of hydrogen-bond acceptors (Lipinski definition) is 1. The third-order valence-electron chi connectivity index (χ3n) is 4.64. The van der Waals surface area contributed by atoms with Gasteiger partial charge in [-0.25, -0.2) is 0 Å². The van der Waals surface area contributed by atoms with E-state index in [0.29, 0.717) is 0 Å². The zero-order valence-corrected chi connectivity index (χ0v) is 14.3. The van der Waals surface area contributed by atoms with Gasteiger partial charge >= 0.3 is 0 Å². The van der Waals surface area contributed by atoms with Gasteiger partial charge in [-0.15, -0.1) is 0 Å². The molecule has 113 valence electrons. The molecular formula is C19H31O. The van der Waals surface area contributed by atoms with Crippen molar-refractivity contribution in [2.45, 2.75) is 78.6 Å². The largest absolute Gasteiger partial charge is 0.486 e. The molecule has 0 N–H and O–H groups in total. The molecule has 1 radical (unpaired) electrons. The van der Waals surface area contributed by atoms with Crippen LogP contribution in [0, 0.1) is 6.61 Å². The molecular weight excluding hydrogens is 244 g/mol. The Kier molecular flexibility index (Phi) is 5.68. The van der Waals surface area contributed by atoms with E-state index < -0.39 is 0 Å². The first-order valence-corrected chi connectivity index (χ1v) is 7.91. The van der Waals surface area contributed by atoms with Gasteiger partial charge in [-0.1, -0.05) is 60.6 Å². The topological polar surface area (TPSA) is 9.23 Å². The molecule has 1 nitrogen and oxygen atoms in total. The highest BCUT2D eigenvalue weighted by molar-refractivity contribution is 5.44. The molecule has 20 heavy (non-hydrogen) atoms. The fourth-order valence-electron chi connectivity index (χ4n) is 2.17. The summed E-state index contributed by atoms with van der Waals surface area (Å²) >= 11 is 0. The molecule has 0 saturated heterocycles. The highest BCUT2D eigenvalue weighted by Gasteiger charge is 2.25. The van der Waals surface area contributed by atoms with Crippen molar-refractivity contribution in [1.29, 1.82) is 0 Å². The molecule has 0 spiro atoms. The zero-order valence-electron chi connectivity index (χ0n) is 14.3. The highest BCUT2D eigenvalue weighted by atomic mass is 16.5. The van der Waals surface area contributed by atoms with E-state index in [0.717, 1.165) is 25.0 Å². The Bertz CT molecular complexity index is 429. The van der Waals surface area contributed by atoms with Crippen molar-refractivity contribution in [2.75, 3.05) is 0 Å². The van der Waals surface area contributed by atoms with E-state index in [2.05, 4.69) is 66.7 Å². The summed E-state index contributed by atoms with van der Waals surface area (Å²) in [4.78, 5) is 0. The summed E-state index contributed by atoms with van der Waals surface area (Å²) in [5.74, 6) is 1.03. The Balaban J connectivity index is 3.26. The molecule has 0 aromatic heterocycles. The minimum atomic E-state index is 0.145. The van der Waals surface area contributed by atoms with Crippen LogP contribution in [-0.4, -0.2) is 0 Å². The van der Waals surface area contributed by atoms with Crippen molar-refractivity contribution in [2.24, 2.45) is 0 Å². The quantitative estimate of drug-likeness (QED) is 0.592. The molecule has 0 bridgehead atoms. The summed E-state index contributed by atoms with van der Waals surface area (Å²) in [6.07, 6.45) is 3.15. The predicted molar refractivity (Wildman–Crippen MR) is 88.3 cm³/mol. The molecule has 0 unspecified atom stereocenters. The lowest BCUT2D eigenvalue weighted by Crippen LogP contribution is -2.20. The fraction of sp³-hybridized carbons (Fsp3) is 0.632. The monoisotopic (exact) mass is 275 g/mol. The number of benzene rings is 1. The summed E-state index contributed by atoms with van der Waals surface area (Å²) in [5, 5.41) is 0. The zero-order chi connectivity index (χ0) is 15.4. The number of ether oxygens (including phenoxy) is 1. The van der Waals surface area contributed by atoms with Crippen molar-refractivity contribution in [3.8, 4) is 5.75 Å². The van der Waals surface area contributed by atoms with Crippen LogP contribution in [-0.2, 0) is 10.8 Å². The van der Waals surface area contributed by atoms with Crippen LogP contribution < -0.4 is 4.74 Å². The maximum Gasteiger partial charge on any atom is 0.135 e. The van der Waals surface area contributed by atoms with Crippen LogP contribution in [0.2, 0.25) is 0 Å². The molecule has 1 rings (SSSR count). The molecule has 1 aromatic rings. The first kappa shape index (κ1) is 17.1. The van der Waals surface area contributed by atoms with Crippen LogP contribution in [0.25, 0.3) is 0 Å². The average Bonchev–Trinajstić information content (AvgIpc) is 2.44. The molecule has 0 amide bonds. The van der Waals surface area contributed by atoms with Gasteiger partial charge in [0.25, 0.3) is 0 Å². The van der Waals surface area contributed by atoms with Crippen LogP contribution in [0.1, 0.15) is 78.9 Å². The van der Waals surface area contributed by atoms with Gasteiger partial charge in [0.15, 0.2) is 0 Å². The summed E-state index contributed by atoms with van der Waals surface area (Å²) in [7, 11) is 0. The van der Waals surface area contributed by atoms with Gasteiger partial charge in [0.2, 0.25) is 0 Å². The third kappa shape index (κ3) is 3.77. The molecule has 0 saturated carbocycles. The van der Waals surface area contributed by atoms with Crippen molar-refractivity contribution < 1.29 is 4.74 Å². The van der Waals surface area contributed by atoms with Crippen molar-refractivity contribution in [1.82, 2.24) is 0 Å². The molecule has 0 fully saturated rings. The second-order valence-corrected chi connectivity index (χ2v) is 6.88. The fourth-order valence-corrected chi connectivity index (χ4v) is 2.17. The SMILES string of the molecule is CC[CH]Oc1cc(C(C)(C)CC)ccc1C(C)(C)CC. The number of hydrogen-bond donors (Lipinski definition) is 0. The second-order valence-electron chi connectivity index (χ2n) is 6.88. The summed E-state index contributed by atoms with van der Waals surface area (Å²) in [5.41, 5.74) is 3.00. The first-order chi connectivity index (χ1) is 9.28. The Morgan fingerprint density at radius 2 is 1.55 bits per heavy atom. The molecule has 1 heteroatoms. The van der Waals surface area contributed by atoms with Crippen LogP contribution in [0.15, 0.2) is 18.2 Å². The second kappa shape index (κ2) is 6.65. The Morgan fingerprint density at radius 1 is 0.950 bits per heavy atom. The van der Waals surface area contributed by atoms with Crippen molar-refractivity contribution in [3.63, 3.8) is 0 Å². The minimum absolute atomic E-state index is 0.145. The lowest BCUT2D eigenvalue weighted by atomic mass is 9.77. The molecule has 0 aliphatic carbocycles. The lowest BCUT2D eigenvalue weighted by Gasteiger charge is -2.29. The minimum Gasteiger partial charge on any atom is -0.486 e. The molecule has 0 heterocycles. The van der Waals surface area contributed by atoms with E-state index >= 15 is 0 Å².